The van der Waals surface area contributed by atoms with Gasteiger partial charge in [-0.3, -0.25) is 9.36 Å². The number of benzene rings is 2. The molecular weight excluding hydrogens is 420 g/mol. The zero-order valence-corrected chi connectivity index (χ0v) is 18.5. The molecule has 0 aliphatic carbocycles. The van der Waals surface area contributed by atoms with Gasteiger partial charge in [-0.2, -0.15) is 0 Å². The number of anilines is 1. The molecule has 0 radical (unpaired) electrons. The Morgan fingerprint density at radius 3 is 2.73 bits per heavy atom. The van der Waals surface area contributed by atoms with Crippen molar-refractivity contribution in [1.29, 1.82) is 0 Å². The number of halogens is 1. The summed E-state index contributed by atoms with van der Waals surface area (Å²) in [4.78, 5) is 14.9. The van der Waals surface area contributed by atoms with Gasteiger partial charge in [-0.15, -0.1) is 10.2 Å². The summed E-state index contributed by atoms with van der Waals surface area (Å²) < 4.78 is 7.25. The Hall–Kier alpha value is -2.35. The number of rotatable bonds is 7. The first-order valence-corrected chi connectivity index (χ1v) is 11.2. The van der Waals surface area contributed by atoms with Crippen LogP contribution < -0.4 is 4.90 Å². The maximum absolute atomic E-state index is 13.0. The third-order valence-corrected chi connectivity index (χ3v) is 6.34. The number of para-hydroxylation sites is 1. The SMILES string of the molecule is COCCn1c(SCC(=O)N2c3ccccc3C[C@@H]2C)nnc1-c1ccc(Cl)cc1. The van der Waals surface area contributed by atoms with Gasteiger partial charge in [0.05, 0.1) is 18.9 Å². The van der Waals surface area contributed by atoms with Crippen LogP contribution >= 0.6 is 23.4 Å². The van der Waals surface area contributed by atoms with Gasteiger partial charge in [0.1, 0.15) is 0 Å². The third-order valence-electron chi connectivity index (χ3n) is 5.14. The average molecular weight is 443 g/mol. The van der Waals surface area contributed by atoms with E-state index < -0.39 is 0 Å². The van der Waals surface area contributed by atoms with Crippen molar-refractivity contribution in [3.63, 3.8) is 0 Å². The largest absolute Gasteiger partial charge is 0.383 e. The van der Waals surface area contributed by atoms with Crippen LogP contribution in [0, 0.1) is 0 Å². The van der Waals surface area contributed by atoms with Crippen molar-refractivity contribution in [3.05, 3.63) is 59.1 Å². The van der Waals surface area contributed by atoms with Crippen LogP contribution in [0.5, 0.6) is 0 Å². The highest BCUT2D eigenvalue weighted by Gasteiger charge is 2.30. The number of nitrogens with zero attached hydrogens (tertiary/aromatic N) is 4. The van der Waals surface area contributed by atoms with E-state index in [2.05, 4.69) is 23.2 Å². The van der Waals surface area contributed by atoms with Gasteiger partial charge >= 0.3 is 0 Å². The Morgan fingerprint density at radius 1 is 1.20 bits per heavy atom. The van der Waals surface area contributed by atoms with Gasteiger partial charge in [0.25, 0.3) is 0 Å². The van der Waals surface area contributed by atoms with E-state index in [-0.39, 0.29) is 11.9 Å². The van der Waals surface area contributed by atoms with Crippen LogP contribution in [0.2, 0.25) is 5.02 Å². The third kappa shape index (κ3) is 4.24. The maximum Gasteiger partial charge on any atom is 0.237 e. The predicted molar refractivity (Wildman–Crippen MR) is 120 cm³/mol. The van der Waals surface area contributed by atoms with Crippen molar-refractivity contribution in [2.24, 2.45) is 0 Å². The molecule has 3 aromatic rings. The second kappa shape index (κ2) is 9.20. The molecule has 1 aliphatic heterocycles. The summed E-state index contributed by atoms with van der Waals surface area (Å²) in [6.07, 6.45) is 0.886. The number of methoxy groups -OCH3 is 1. The van der Waals surface area contributed by atoms with Crippen molar-refractivity contribution in [3.8, 4) is 11.4 Å². The smallest absolute Gasteiger partial charge is 0.237 e. The molecule has 1 amide bonds. The first kappa shape index (κ1) is 20.9. The number of hydrogen-bond donors (Lipinski definition) is 0. The Labute approximate surface area is 185 Å². The standard InChI is InChI=1S/C22H23ClN4O2S/c1-15-13-17-5-3-4-6-19(17)27(15)20(28)14-30-22-25-24-21(26(22)11-12-29-2)16-7-9-18(23)10-8-16/h3-10,15H,11-14H2,1-2H3/t15-/m0/s1. The second-order valence-corrected chi connectivity index (χ2v) is 8.57. The van der Waals surface area contributed by atoms with Crippen LogP contribution in [0.15, 0.2) is 53.7 Å². The number of carbonyl (C=O) groups excluding carboxylic acids is 1. The monoisotopic (exact) mass is 442 g/mol. The zero-order chi connectivity index (χ0) is 21.1. The number of carbonyl (C=O) groups is 1. The molecule has 4 rings (SSSR count). The summed E-state index contributed by atoms with van der Waals surface area (Å²) in [7, 11) is 1.66. The molecule has 0 unspecified atom stereocenters. The van der Waals surface area contributed by atoms with Crippen molar-refractivity contribution in [2.75, 3.05) is 24.4 Å². The summed E-state index contributed by atoms with van der Waals surface area (Å²) in [5.41, 5.74) is 3.15. The molecule has 8 heteroatoms. The lowest BCUT2D eigenvalue weighted by Crippen LogP contribution is -2.37. The van der Waals surface area contributed by atoms with E-state index in [0.29, 0.717) is 29.1 Å². The van der Waals surface area contributed by atoms with E-state index in [1.807, 2.05) is 51.9 Å². The highest BCUT2D eigenvalue weighted by Crippen LogP contribution is 2.33. The van der Waals surface area contributed by atoms with E-state index in [1.165, 1.54) is 17.3 Å². The van der Waals surface area contributed by atoms with E-state index in [4.69, 9.17) is 16.3 Å². The van der Waals surface area contributed by atoms with Gasteiger partial charge < -0.3 is 9.64 Å². The van der Waals surface area contributed by atoms with Crippen LogP contribution in [0.4, 0.5) is 5.69 Å². The Bertz CT molecular complexity index is 1040. The first-order valence-electron chi connectivity index (χ1n) is 9.79. The second-order valence-electron chi connectivity index (χ2n) is 7.19. The molecule has 0 saturated heterocycles. The molecule has 6 nitrogen and oxygen atoms in total. The normalized spacial score (nSPS) is 15.4. The van der Waals surface area contributed by atoms with Gasteiger partial charge in [0.15, 0.2) is 11.0 Å². The number of ether oxygens (including phenoxy) is 1. The van der Waals surface area contributed by atoms with Crippen LogP contribution in [0.1, 0.15) is 12.5 Å². The van der Waals surface area contributed by atoms with Crippen LogP contribution in [-0.4, -0.2) is 46.2 Å². The molecule has 1 aromatic heterocycles. The molecule has 2 heterocycles. The van der Waals surface area contributed by atoms with Crippen molar-refractivity contribution < 1.29 is 9.53 Å². The average Bonchev–Trinajstić information content (AvgIpc) is 3.30. The summed E-state index contributed by atoms with van der Waals surface area (Å²) in [6.45, 7) is 3.21. The molecular formula is C22H23ClN4O2S. The summed E-state index contributed by atoms with van der Waals surface area (Å²) in [6, 6.07) is 15.7. The number of aromatic nitrogens is 3. The molecule has 0 fully saturated rings. The van der Waals surface area contributed by atoms with Crippen molar-refractivity contribution in [1.82, 2.24) is 14.8 Å². The molecule has 1 aliphatic rings. The van der Waals surface area contributed by atoms with Crippen LogP contribution in [0.3, 0.4) is 0 Å². The van der Waals surface area contributed by atoms with Gasteiger partial charge in [-0.05, 0) is 49.2 Å². The van der Waals surface area contributed by atoms with Crippen LogP contribution in [0.25, 0.3) is 11.4 Å². The zero-order valence-electron chi connectivity index (χ0n) is 16.9. The maximum atomic E-state index is 13.0. The van der Waals surface area contributed by atoms with E-state index in [0.717, 1.165) is 23.5 Å². The molecule has 0 bridgehead atoms. The number of fused-ring (bicyclic) bond motifs is 1. The molecule has 2 aromatic carbocycles. The van der Waals surface area contributed by atoms with Gasteiger partial charge in [0, 0.05) is 29.4 Å². The molecule has 30 heavy (non-hydrogen) atoms. The summed E-state index contributed by atoms with van der Waals surface area (Å²) >= 11 is 7.42. The lowest BCUT2D eigenvalue weighted by molar-refractivity contribution is -0.116. The quantitative estimate of drug-likeness (QED) is 0.510. The highest BCUT2D eigenvalue weighted by molar-refractivity contribution is 7.99. The minimum absolute atomic E-state index is 0.0757. The minimum atomic E-state index is 0.0757. The fourth-order valence-corrected chi connectivity index (χ4v) is 4.68. The molecule has 156 valence electrons. The van der Waals surface area contributed by atoms with Crippen LogP contribution in [-0.2, 0) is 22.5 Å². The Morgan fingerprint density at radius 2 is 1.97 bits per heavy atom. The first-order chi connectivity index (χ1) is 14.6. The number of thioether (sulfide) groups is 1. The Kier molecular flexibility index (Phi) is 6.41. The Balaban J connectivity index is 1.53. The van der Waals surface area contributed by atoms with Gasteiger partial charge in [0.2, 0.25) is 5.91 Å². The highest BCUT2D eigenvalue weighted by atomic mass is 35.5. The van der Waals surface area contributed by atoms with E-state index in [9.17, 15) is 4.79 Å². The molecule has 1 atom stereocenters. The lowest BCUT2D eigenvalue weighted by atomic mass is 10.1. The van der Waals surface area contributed by atoms with E-state index >= 15 is 0 Å². The fourth-order valence-electron chi connectivity index (χ4n) is 3.73. The fraction of sp³-hybridized carbons (Fsp3) is 0.318. The minimum Gasteiger partial charge on any atom is -0.383 e. The predicted octanol–water partition coefficient (Wildman–Crippen LogP) is 4.31. The summed E-state index contributed by atoms with van der Waals surface area (Å²) in [5, 5.41) is 10.1. The molecule has 0 N–H and O–H groups in total. The number of amides is 1. The van der Waals surface area contributed by atoms with E-state index in [1.54, 1.807) is 7.11 Å². The lowest BCUT2D eigenvalue weighted by Gasteiger charge is -2.22. The van der Waals surface area contributed by atoms with Gasteiger partial charge in [-0.1, -0.05) is 41.6 Å². The molecule has 0 spiro atoms. The summed E-state index contributed by atoms with van der Waals surface area (Å²) in [5.74, 6) is 1.11. The molecule has 0 saturated carbocycles. The number of hydrogen-bond acceptors (Lipinski definition) is 5. The topological polar surface area (TPSA) is 60.2 Å². The van der Waals surface area contributed by atoms with Gasteiger partial charge in [-0.25, -0.2) is 0 Å². The van der Waals surface area contributed by atoms with Crippen molar-refractivity contribution in [2.45, 2.75) is 31.1 Å². The van der Waals surface area contributed by atoms with Crippen molar-refractivity contribution >= 4 is 35.0 Å².